The molecule has 1 atom stereocenters. The summed E-state index contributed by atoms with van der Waals surface area (Å²) in [5.74, 6) is -1.49. The minimum Gasteiger partial charge on any atom is -0.449 e. The van der Waals surface area contributed by atoms with Crippen molar-refractivity contribution in [3.05, 3.63) is 63.2 Å². The van der Waals surface area contributed by atoms with E-state index >= 15 is 0 Å². The third kappa shape index (κ3) is 5.66. The van der Waals surface area contributed by atoms with Gasteiger partial charge in [0.25, 0.3) is 11.6 Å². The largest absolute Gasteiger partial charge is 0.449 e. The van der Waals surface area contributed by atoms with E-state index in [0.29, 0.717) is 10.7 Å². The Hall–Kier alpha value is -3.17. The van der Waals surface area contributed by atoms with Crippen LogP contribution in [0.25, 0.3) is 0 Å². The molecule has 28 heavy (non-hydrogen) atoms. The number of anilines is 2. The monoisotopic (exact) mass is 407 g/mol. The lowest BCUT2D eigenvalue weighted by Gasteiger charge is -2.15. The highest BCUT2D eigenvalue weighted by molar-refractivity contribution is 6.30. The van der Waals surface area contributed by atoms with Crippen molar-refractivity contribution in [3.63, 3.8) is 0 Å². The lowest BCUT2D eigenvalue weighted by atomic mass is 10.1. The Morgan fingerprint density at radius 1 is 1.25 bits per heavy atom. The van der Waals surface area contributed by atoms with E-state index in [1.54, 1.807) is 24.3 Å². The first kappa shape index (κ1) is 21.1. The summed E-state index contributed by atoms with van der Waals surface area (Å²) in [7, 11) is 0. The summed E-state index contributed by atoms with van der Waals surface area (Å²) < 4.78 is 5.15. The number of aliphatic hydroxyl groups excluding tert-OH is 1. The molecule has 2 aromatic rings. The number of carbonyl (C=O) groups excluding carboxylic acids is 2. The molecular weight excluding hydrogens is 390 g/mol. The quantitative estimate of drug-likeness (QED) is 0.348. The number of hydrogen-bond acceptors (Lipinski definition) is 7. The van der Waals surface area contributed by atoms with Gasteiger partial charge in [-0.2, -0.15) is 0 Å². The first-order valence-corrected chi connectivity index (χ1v) is 8.60. The van der Waals surface area contributed by atoms with Gasteiger partial charge in [0.15, 0.2) is 6.10 Å². The molecule has 0 fully saturated rings. The fourth-order valence-corrected chi connectivity index (χ4v) is 2.34. The highest BCUT2D eigenvalue weighted by Crippen LogP contribution is 2.23. The number of halogens is 1. The summed E-state index contributed by atoms with van der Waals surface area (Å²) in [5, 5.41) is 25.8. The number of ether oxygens (including phenoxy) is 1. The van der Waals surface area contributed by atoms with Crippen molar-refractivity contribution in [2.75, 3.05) is 23.8 Å². The van der Waals surface area contributed by atoms with E-state index in [1.165, 1.54) is 19.1 Å². The zero-order valence-electron chi connectivity index (χ0n) is 14.8. The van der Waals surface area contributed by atoms with Gasteiger partial charge in [0.1, 0.15) is 0 Å². The van der Waals surface area contributed by atoms with Crippen molar-refractivity contribution in [1.82, 2.24) is 0 Å². The number of nitrogens with one attached hydrogen (secondary N) is 2. The Bertz CT molecular complexity index is 872. The first-order chi connectivity index (χ1) is 13.3. The van der Waals surface area contributed by atoms with E-state index in [1.807, 2.05) is 0 Å². The fraction of sp³-hybridized carbons (Fsp3) is 0.222. The molecule has 2 aromatic carbocycles. The van der Waals surface area contributed by atoms with Crippen LogP contribution in [0.3, 0.4) is 0 Å². The average molecular weight is 408 g/mol. The van der Waals surface area contributed by atoms with Gasteiger partial charge in [0.2, 0.25) is 0 Å². The minimum absolute atomic E-state index is 0.117. The molecular formula is C18H18ClN3O6. The normalized spacial score (nSPS) is 11.4. The third-order valence-electron chi connectivity index (χ3n) is 3.63. The van der Waals surface area contributed by atoms with Gasteiger partial charge < -0.3 is 20.5 Å². The lowest BCUT2D eigenvalue weighted by Crippen LogP contribution is -2.30. The molecule has 1 amide bonds. The molecule has 0 spiro atoms. The van der Waals surface area contributed by atoms with Crippen LogP contribution >= 0.6 is 11.6 Å². The van der Waals surface area contributed by atoms with Crippen LogP contribution in [0.1, 0.15) is 17.3 Å². The number of hydrogen-bond donors (Lipinski definition) is 3. The third-order valence-corrected chi connectivity index (χ3v) is 3.88. The van der Waals surface area contributed by atoms with Gasteiger partial charge in [-0.15, -0.1) is 0 Å². The van der Waals surface area contributed by atoms with E-state index in [4.69, 9.17) is 21.4 Å². The Kier molecular flexibility index (Phi) is 7.30. The van der Waals surface area contributed by atoms with Crippen LogP contribution in [0.4, 0.5) is 17.1 Å². The number of amides is 1. The average Bonchev–Trinajstić information content (AvgIpc) is 2.67. The van der Waals surface area contributed by atoms with Crippen LogP contribution in [0.15, 0.2) is 42.5 Å². The highest BCUT2D eigenvalue weighted by atomic mass is 35.5. The molecule has 10 heteroatoms. The van der Waals surface area contributed by atoms with Crippen molar-refractivity contribution in [2.24, 2.45) is 0 Å². The van der Waals surface area contributed by atoms with E-state index in [9.17, 15) is 19.7 Å². The molecule has 0 aliphatic carbocycles. The number of rotatable bonds is 8. The molecule has 9 nitrogen and oxygen atoms in total. The number of aliphatic hydroxyl groups is 1. The zero-order chi connectivity index (χ0) is 20.7. The standard InChI is InChI=1S/C18H18ClN3O6/c1-11(17(24)21-13-4-2-12(19)3-5-13)28-18(25)15-10-14(22(26)27)6-7-16(15)20-8-9-23/h2-7,10-11,20,23H,8-9H2,1H3,(H,21,24)/t11-/m0/s1. The van der Waals surface area contributed by atoms with E-state index in [2.05, 4.69) is 10.6 Å². The first-order valence-electron chi connectivity index (χ1n) is 8.22. The van der Waals surface area contributed by atoms with Gasteiger partial charge in [-0.25, -0.2) is 4.79 Å². The Balaban J connectivity index is 2.13. The van der Waals surface area contributed by atoms with Gasteiger partial charge in [-0.3, -0.25) is 14.9 Å². The predicted molar refractivity (Wildman–Crippen MR) is 104 cm³/mol. The Morgan fingerprint density at radius 2 is 1.93 bits per heavy atom. The van der Waals surface area contributed by atoms with Gasteiger partial charge in [-0.05, 0) is 37.3 Å². The molecule has 0 heterocycles. The number of benzene rings is 2. The van der Waals surface area contributed by atoms with E-state index in [0.717, 1.165) is 6.07 Å². The molecule has 0 aromatic heterocycles. The van der Waals surface area contributed by atoms with Crippen LogP contribution in [0.5, 0.6) is 0 Å². The van der Waals surface area contributed by atoms with Gasteiger partial charge in [-0.1, -0.05) is 11.6 Å². The van der Waals surface area contributed by atoms with Gasteiger partial charge in [0.05, 0.1) is 17.1 Å². The van der Waals surface area contributed by atoms with Crippen molar-refractivity contribution >= 4 is 40.5 Å². The van der Waals surface area contributed by atoms with E-state index in [-0.39, 0.29) is 30.1 Å². The maximum atomic E-state index is 12.5. The summed E-state index contributed by atoms with van der Waals surface area (Å²) in [6, 6.07) is 9.96. The second-order valence-electron chi connectivity index (χ2n) is 5.68. The Morgan fingerprint density at radius 3 is 2.54 bits per heavy atom. The molecule has 148 valence electrons. The van der Waals surface area contributed by atoms with Gasteiger partial charge >= 0.3 is 5.97 Å². The van der Waals surface area contributed by atoms with Crippen LogP contribution in [-0.2, 0) is 9.53 Å². The molecule has 0 radical (unpaired) electrons. The summed E-state index contributed by atoms with van der Waals surface area (Å²) in [6.45, 7) is 1.30. The molecule has 3 N–H and O–H groups in total. The molecule has 0 unspecified atom stereocenters. The Labute approximate surface area is 165 Å². The number of esters is 1. The molecule has 0 saturated carbocycles. The number of non-ortho nitro benzene ring substituents is 1. The highest BCUT2D eigenvalue weighted by Gasteiger charge is 2.23. The predicted octanol–water partition coefficient (Wildman–Crippen LogP) is 2.84. The topological polar surface area (TPSA) is 131 Å². The van der Waals surface area contributed by atoms with Crippen molar-refractivity contribution < 1.29 is 24.4 Å². The SMILES string of the molecule is C[C@H](OC(=O)c1cc([N+](=O)[O-])ccc1NCCO)C(=O)Nc1ccc(Cl)cc1. The van der Waals surface area contributed by atoms with Crippen LogP contribution < -0.4 is 10.6 Å². The summed E-state index contributed by atoms with van der Waals surface area (Å²) in [6.07, 6.45) is -1.16. The fourth-order valence-electron chi connectivity index (χ4n) is 2.21. The number of nitro benzene ring substituents is 1. The van der Waals surface area contributed by atoms with E-state index < -0.39 is 22.9 Å². The zero-order valence-corrected chi connectivity index (χ0v) is 15.6. The number of nitro groups is 1. The number of nitrogens with zero attached hydrogens (tertiary/aromatic N) is 1. The smallest absolute Gasteiger partial charge is 0.341 e. The lowest BCUT2D eigenvalue weighted by molar-refractivity contribution is -0.384. The molecule has 0 aliphatic rings. The molecule has 0 saturated heterocycles. The van der Waals surface area contributed by atoms with Crippen LogP contribution in [-0.4, -0.2) is 41.2 Å². The molecule has 2 rings (SSSR count). The van der Waals surface area contributed by atoms with Gasteiger partial charge in [0, 0.05) is 35.1 Å². The summed E-state index contributed by atoms with van der Waals surface area (Å²) in [4.78, 5) is 35.0. The maximum Gasteiger partial charge on any atom is 0.341 e. The van der Waals surface area contributed by atoms with Crippen molar-refractivity contribution in [2.45, 2.75) is 13.0 Å². The maximum absolute atomic E-state index is 12.5. The minimum atomic E-state index is -1.16. The van der Waals surface area contributed by atoms with Crippen LogP contribution in [0, 0.1) is 10.1 Å². The second-order valence-corrected chi connectivity index (χ2v) is 6.12. The van der Waals surface area contributed by atoms with Crippen LogP contribution in [0.2, 0.25) is 5.02 Å². The number of carbonyl (C=O) groups is 2. The second kappa shape index (κ2) is 9.67. The van der Waals surface area contributed by atoms with Crippen molar-refractivity contribution in [1.29, 1.82) is 0 Å². The summed E-state index contributed by atoms with van der Waals surface area (Å²) >= 11 is 5.78. The van der Waals surface area contributed by atoms with Crippen molar-refractivity contribution in [3.8, 4) is 0 Å². The molecule has 0 bridgehead atoms. The summed E-state index contributed by atoms with van der Waals surface area (Å²) in [5.41, 5.74) is 0.293. The molecule has 0 aliphatic heterocycles.